The molecule has 1 aliphatic rings. The monoisotopic (exact) mass is 474 g/mol. The molecule has 1 heterocycles. The first kappa shape index (κ1) is 25.1. The second kappa shape index (κ2) is 12.1. The van der Waals surface area contributed by atoms with Crippen LogP contribution in [0.2, 0.25) is 0 Å². The summed E-state index contributed by atoms with van der Waals surface area (Å²) in [6, 6.07) is 5.24. The minimum absolute atomic E-state index is 0.158. The molecule has 33 heavy (non-hydrogen) atoms. The summed E-state index contributed by atoms with van der Waals surface area (Å²) in [6.07, 6.45) is 3.72. The predicted molar refractivity (Wildman–Crippen MR) is 132 cm³/mol. The summed E-state index contributed by atoms with van der Waals surface area (Å²) in [6.45, 7) is 8.00. The molecular weight excluding hydrogens is 440 g/mol. The normalized spacial score (nSPS) is 12.6. The van der Waals surface area contributed by atoms with E-state index in [2.05, 4.69) is 29.0 Å². The van der Waals surface area contributed by atoms with Crippen molar-refractivity contribution in [3.05, 3.63) is 39.9 Å². The molecule has 0 aliphatic heterocycles. The van der Waals surface area contributed by atoms with Gasteiger partial charge in [-0.2, -0.15) is 4.98 Å². The van der Waals surface area contributed by atoms with Crippen molar-refractivity contribution in [3.63, 3.8) is 0 Å². The van der Waals surface area contributed by atoms with Crippen molar-refractivity contribution in [2.24, 2.45) is 0 Å². The lowest BCUT2D eigenvalue weighted by Gasteiger charge is -2.19. The van der Waals surface area contributed by atoms with Crippen molar-refractivity contribution < 1.29 is 14.3 Å². The number of fused-ring (bicyclic) bond motifs is 1. The van der Waals surface area contributed by atoms with Gasteiger partial charge in [-0.25, -0.2) is 4.79 Å². The third-order valence-electron chi connectivity index (χ3n) is 5.97. The van der Waals surface area contributed by atoms with E-state index in [9.17, 15) is 9.59 Å². The second-order valence-corrected chi connectivity index (χ2v) is 8.88. The predicted octanol–water partition coefficient (Wildman–Crippen LogP) is 3.21. The average molecular weight is 475 g/mol. The molecule has 3 rings (SSSR count). The van der Waals surface area contributed by atoms with Crippen molar-refractivity contribution in [1.29, 1.82) is 0 Å². The van der Waals surface area contributed by atoms with Crippen molar-refractivity contribution in [3.8, 4) is 11.5 Å². The van der Waals surface area contributed by atoms with Crippen LogP contribution in [0.15, 0.2) is 28.0 Å². The molecule has 1 aromatic carbocycles. The number of nitrogens with one attached hydrogen (secondary N) is 1. The number of hydrogen-bond donors (Lipinski definition) is 1. The highest BCUT2D eigenvalue weighted by Crippen LogP contribution is 2.31. The van der Waals surface area contributed by atoms with Crippen molar-refractivity contribution in [2.45, 2.75) is 51.1 Å². The molecule has 1 aliphatic carbocycles. The number of benzene rings is 1. The van der Waals surface area contributed by atoms with Crippen LogP contribution in [-0.2, 0) is 24.2 Å². The molecule has 8 nitrogen and oxygen atoms in total. The Kier molecular flexibility index (Phi) is 9.20. The molecule has 0 unspecified atom stereocenters. The van der Waals surface area contributed by atoms with E-state index < -0.39 is 0 Å². The van der Waals surface area contributed by atoms with Crippen LogP contribution in [0.3, 0.4) is 0 Å². The first-order valence-corrected chi connectivity index (χ1v) is 12.5. The van der Waals surface area contributed by atoms with Gasteiger partial charge in [0.2, 0.25) is 5.91 Å². The van der Waals surface area contributed by atoms with Gasteiger partial charge in [0.15, 0.2) is 0 Å². The fraction of sp³-hybridized carbons (Fsp3) is 0.542. The van der Waals surface area contributed by atoms with Gasteiger partial charge in [-0.15, -0.1) is 0 Å². The molecule has 1 amide bonds. The van der Waals surface area contributed by atoms with Gasteiger partial charge in [0.1, 0.15) is 16.5 Å². The van der Waals surface area contributed by atoms with E-state index in [4.69, 9.17) is 9.47 Å². The Morgan fingerprint density at radius 3 is 2.70 bits per heavy atom. The standard InChI is InChI=1S/C24H34N4O4S/c1-5-27(6-2)13-8-14-28-20-10-7-9-18(20)23(26-24(28)30)33-16-22(29)25-19-15-17(31-3)11-12-21(19)32-4/h11-12,15H,5-10,13-14,16H2,1-4H3,(H,25,29). The maximum Gasteiger partial charge on any atom is 0.348 e. The van der Waals surface area contributed by atoms with Gasteiger partial charge in [0.05, 0.1) is 25.7 Å². The van der Waals surface area contributed by atoms with E-state index in [-0.39, 0.29) is 17.3 Å². The lowest BCUT2D eigenvalue weighted by atomic mass is 10.2. The van der Waals surface area contributed by atoms with E-state index in [0.29, 0.717) is 28.8 Å². The minimum Gasteiger partial charge on any atom is -0.497 e. The smallest absolute Gasteiger partial charge is 0.348 e. The van der Waals surface area contributed by atoms with Crippen LogP contribution < -0.4 is 20.5 Å². The van der Waals surface area contributed by atoms with Crippen LogP contribution in [-0.4, -0.2) is 60.0 Å². The number of carbonyl (C=O) groups is 1. The summed E-state index contributed by atoms with van der Waals surface area (Å²) >= 11 is 1.32. The van der Waals surface area contributed by atoms with E-state index in [1.54, 1.807) is 32.4 Å². The van der Waals surface area contributed by atoms with Gasteiger partial charge in [-0.05, 0) is 57.5 Å². The fourth-order valence-corrected chi connectivity index (χ4v) is 5.04. The summed E-state index contributed by atoms with van der Waals surface area (Å²) in [5.41, 5.74) is 2.54. The number of thioether (sulfide) groups is 1. The van der Waals surface area contributed by atoms with Gasteiger partial charge < -0.3 is 19.7 Å². The summed E-state index contributed by atoms with van der Waals surface area (Å²) < 4.78 is 12.4. The first-order valence-electron chi connectivity index (χ1n) is 11.5. The molecule has 0 atom stereocenters. The Morgan fingerprint density at radius 2 is 2.00 bits per heavy atom. The number of nitrogens with zero attached hydrogens (tertiary/aromatic N) is 3. The third kappa shape index (κ3) is 6.29. The summed E-state index contributed by atoms with van der Waals surface area (Å²) in [5, 5.41) is 3.55. The number of methoxy groups -OCH3 is 2. The molecule has 0 spiro atoms. The molecule has 0 saturated carbocycles. The maximum absolute atomic E-state index is 12.8. The summed E-state index contributed by atoms with van der Waals surface area (Å²) in [7, 11) is 3.12. The zero-order valence-electron chi connectivity index (χ0n) is 20.0. The van der Waals surface area contributed by atoms with Gasteiger partial charge in [0, 0.05) is 23.9 Å². The van der Waals surface area contributed by atoms with Crippen LogP contribution in [0.1, 0.15) is 37.9 Å². The van der Waals surface area contributed by atoms with Gasteiger partial charge in [0.25, 0.3) is 0 Å². The van der Waals surface area contributed by atoms with Crippen molar-refractivity contribution in [1.82, 2.24) is 14.5 Å². The molecule has 0 saturated heterocycles. The molecule has 9 heteroatoms. The third-order valence-corrected chi connectivity index (χ3v) is 6.99. The van der Waals surface area contributed by atoms with E-state index in [1.165, 1.54) is 11.8 Å². The number of ether oxygens (including phenoxy) is 2. The highest BCUT2D eigenvalue weighted by molar-refractivity contribution is 8.00. The van der Waals surface area contributed by atoms with Crippen LogP contribution in [0.25, 0.3) is 0 Å². The van der Waals surface area contributed by atoms with E-state index in [1.807, 2.05) is 4.57 Å². The molecular formula is C24H34N4O4S. The van der Waals surface area contributed by atoms with E-state index >= 15 is 0 Å². The highest BCUT2D eigenvalue weighted by atomic mass is 32.2. The molecule has 1 aromatic heterocycles. The zero-order valence-corrected chi connectivity index (χ0v) is 20.8. The van der Waals surface area contributed by atoms with Crippen molar-refractivity contribution >= 4 is 23.4 Å². The Hall–Kier alpha value is -2.52. The largest absolute Gasteiger partial charge is 0.497 e. The number of hydrogen-bond acceptors (Lipinski definition) is 7. The molecule has 0 fully saturated rings. The molecule has 0 radical (unpaired) electrons. The van der Waals surface area contributed by atoms with Crippen LogP contribution in [0.5, 0.6) is 11.5 Å². The Morgan fingerprint density at radius 1 is 1.21 bits per heavy atom. The number of anilines is 1. The fourth-order valence-electron chi connectivity index (χ4n) is 4.16. The lowest BCUT2D eigenvalue weighted by Crippen LogP contribution is -2.30. The lowest BCUT2D eigenvalue weighted by molar-refractivity contribution is -0.113. The summed E-state index contributed by atoms with van der Waals surface area (Å²) in [4.78, 5) is 32.1. The average Bonchev–Trinajstić information content (AvgIpc) is 3.31. The van der Waals surface area contributed by atoms with Gasteiger partial charge >= 0.3 is 5.69 Å². The summed E-state index contributed by atoms with van der Waals surface area (Å²) in [5.74, 6) is 1.15. The maximum atomic E-state index is 12.8. The molecule has 180 valence electrons. The Labute approximate surface area is 199 Å². The number of amides is 1. The molecule has 0 bridgehead atoms. The van der Waals surface area contributed by atoms with E-state index in [0.717, 1.165) is 56.6 Å². The van der Waals surface area contributed by atoms with Crippen LogP contribution in [0.4, 0.5) is 5.69 Å². The SMILES string of the molecule is CCN(CC)CCCn1c2c(c(SCC(=O)Nc3cc(OC)ccc3OC)nc1=O)CCC2. The number of aromatic nitrogens is 2. The van der Waals surface area contributed by atoms with Crippen LogP contribution >= 0.6 is 11.8 Å². The van der Waals surface area contributed by atoms with Gasteiger partial charge in [-0.1, -0.05) is 25.6 Å². The topological polar surface area (TPSA) is 85.7 Å². The minimum atomic E-state index is -0.215. The Bertz CT molecular complexity index is 1020. The Balaban J connectivity index is 1.67. The van der Waals surface area contributed by atoms with Gasteiger partial charge in [-0.3, -0.25) is 9.36 Å². The second-order valence-electron chi connectivity index (χ2n) is 7.91. The molecule has 2 aromatic rings. The number of rotatable bonds is 12. The first-order chi connectivity index (χ1) is 16.0. The quantitative estimate of drug-likeness (QED) is 0.373. The number of carbonyl (C=O) groups excluding carboxylic acids is 1. The van der Waals surface area contributed by atoms with Crippen molar-refractivity contribution in [2.75, 3.05) is 44.9 Å². The van der Waals surface area contributed by atoms with Crippen LogP contribution in [0, 0.1) is 0 Å². The zero-order chi connectivity index (χ0) is 23.8. The highest BCUT2D eigenvalue weighted by Gasteiger charge is 2.22. The molecule has 1 N–H and O–H groups in total.